The third-order valence-electron chi connectivity index (χ3n) is 6.26. The predicted molar refractivity (Wildman–Crippen MR) is 117 cm³/mol. The van der Waals surface area contributed by atoms with Crippen LogP contribution in [0.4, 0.5) is 5.69 Å². The Bertz CT molecular complexity index is 798. The Balaban J connectivity index is 1.12. The van der Waals surface area contributed by atoms with E-state index in [1.165, 1.54) is 49.9 Å². The minimum Gasteiger partial charge on any atom is -0.493 e. The lowest BCUT2D eigenvalue weighted by Gasteiger charge is -2.32. The summed E-state index contributed by atoms with van der Waals surface area (Å²) >= 11 is 0. The molecule has 2 aromatic rings. The van der Waals surface area contributed by atoms with Gasteiger partial charge in [-0.3, -0.25) is 4.79 Å². The molecular formula is C25H32N2O2. The first kappa shape index (κ1) is 20.0. The summed E-state index contributed by atoms with van der Waals surface area (Å²) in [6.45, 7) is 4.25. The van der Waals surface area contributed by atoms with Crippen molar-refractivity contribution in [3.8, 4) is 5.75 Å². The maximum Gasteiger partial charge on any atom is 0.224 e. The summed E-state index contributed by atoms with van der Waals surface area (Å²) in [5.41, 5.74) is 3.58. The minimum atomic E-state index is 0.0989. The second kappa shape index (κ2) is 9.93. The van der Waals surface area contributed by atoms with Gasteiger partial charge in [0.05, 0.1) is 6.61 Å². The van der Waals surface area contributed by atoms with Crippen molar-refractivity contribution in [3.05, 3.63) is 59.7 Å². The molecule has 0 radical (unpaired) electrons. The summed E-state index contributed by atoms with van der Waals surface area (Å²) < 4.78 is 5.93. The molecule has 0 bridgehead atoms. The molecule has 0 saturated carbocycles. The van der Waals surface area contributed by atoms with E-state index >= 15 is 0 Å². The van der Waals surface area contributed by atoms with E-state index in [1.807, 2.05) is 12.1 Å². The number of hydrogen-bond acceptors (Lipinski definition) is 3. The van der Waals surface area contributed by atoms with E-state index in [0.29, 0.717) is 6.42 Å². The molecule has 0 aromatic heterocycles. The smallest absolute Gasteiger partial charge is 0.224 e. The highest BCUT2D eigenvalue weighted by Crippen LogP contribution is 2.27. The van der Waals surface area contributed by atoms with Crippen molar-refractivity contribution in [2.75, 3.05) is 31.6 Å². The average molecular weight is 393 g/mol. The quantitative estimate of drug-likeness (QED) is 0.663. The van der Waals surface area contributed by atoms with Crippen molar-refractivity contribution in [2.45, 2.75) is 44.9 Å². The molecule has 4 nitrogen and oxygen atoms in total. The number of nitrogens with zero attached hydrogens (tertiary/aromatic N) is 1. The fourth-order valence-corrected chi connectivity index (χ4v) is 4.43. The number of likely N-dealkylation sites (tertiary alicyclic amines) is 1. The molecule has 2 aliphatic rings. The van der Waals surface area contributed by atoms with Crippen LogP contribution in [0.1, 0.15) is 43.2 Å². The Kier molecular flexibility index (Phi) is 6.83. The average Bonchev–Trinajstić information content (AvgIpc) is 2.76. The number of hydrogen-bond donors (Lipinski definition) is 1. The van der Waals surface area contributed by atoms with Crippen LogP contribution < -0.4 is 10.1 Å². The molecule has 2 heterocycles. The van der Waals surface area contributed by atoms with Gasteiger partial charge in [-0.05, 0) is 74.7 Å². The maximum atomic E-state index is 11.6. The second-order valence-corrected chi connectivity index (χ2v) is 8.38. The van der Waals surface area contributed by atoms with Crippen LogP contribution in [-0.2, 0) is 17.6 Å². The molecule has 4 heteroatoms. The first-order valence-electron chi connectivity index (χ1n) is 11.1. The molecule has 29 heavy (non-hydrogen) atoms. The van der Waals surface area contributed by atoms with E-state index in [9.17, 15) is 4.79 Å². The van der Waals surface area contributed by atoms with E-state index in [-0.39, 0.29) is 5.91 Å². The maximum absolute atomic E-state index is 11.6. The Morgan fingerprint density at radius 2 is 1.86 bits per heavy atom. The van der Waals surface area contributed by atoms with Gasteiger partial charge in [-0.2, -0.15) is 0 Å². The first-order chi connectivity index (χ1) is 14.3. The molecule has 154 valence electrons. The number of aryl methyl sites for hydroxylation is 2. The summed E-state index contributed by atoms with van der Waals surface area (Å²) in [7, 11) is 0. The minimum absolute atomic E-state index is 0.0989. The number of rotatable bonds is 8. The van der Waals surface area contributed by atoms with Crippen molar-refractivity contribution >= 4 is 11.6 Å². The fourth-order valence-electron chi connectivity index (χ4n) is 4.43. The van der Waals surface area contributed by atoms with Gasteiger partial charge in [0.1, 0.15) is 5.75 Å². The van der Waals surface area contributed by atoms with Crippen LogP contribution in [0.5, 0.6) is 5.75 Å². The Labute approximate surface area is 174 Å². The van der Waals surface area contributed by atoms with Crippen molar-refractivity contribution < 1.29 is 9.53 Å². The summed E-state index contributed by atoms with van der Waals surface area (Å²) in [4.78, 5) is 14.1. The molecule has 1 N–H and O–H groups in total. The SMILES string of the molecule is O=C1CCc2ccc(OCCCN3CCC(CCc4ccccc4)CC3)cc2N1. The third kappa shape index (κ3) is 5.83. The molecule has 0 aliphatic carbocycles. The van der Waals surface area contributed by atoms with Gasteiger partial charge in [0.15, 0.2) is 0 Å². The van der Waals surface area contributed by atoms with Crippen molar-refractivity contribution in [1.29, 1.82) is 0 Å². The zero-order chi connectivity index (χ0) is 19.9. The Morgan fingerprint density at radius 3 is 2.69 bits per heavy atom. The summed E-state index contributed by atoms with van der Waals surface area (Å²) in [6, 6.07) is 16.9. The molecule has 1 amide bonds. The molecule has 0 atom stereocenters. The third-order valence-corrected chi connectivity index (χ3v) is 6.26. The highest BCUT2D eigenvalue weighted by Gasteiger charge is 2.19. The molecule has 4 rings (SSSR count). The largest absolute Gasteiger partial charge is 0.493 e. The Hall–Kier alpha value is -2.33. The highest BCUT2D eigenvalue weighted by molar-refractivity contribution is 5.94. The summed E-state index contributed by atoms with van der Waals surface area (Å²) in [6.07, 6.45) is 7.60. The van der Waals surface area contributed by atoms with E-state index in [1.54, 1.807) is 0 Å². The van der Waals surface area contributed by atoms with E-state index < -0.39 is 0 Å². The van der Waals surface area contributed by atoms with E-state index in [4.69, 9.17) is 4.74 Å². The van der Waals surface area contributed by atoms with Crippen LogP contribution in [-0.4, -0.2) is 37.0 Å². The molecule has 2 aliphatic heterocycles. The normalized spacial score (nSPS) is 17.6. The van der Waals surface area contributed by atoms with E-state index in [2.05, 4.69) is 46.6 Å². The fraction of sp³-hybridized carbons (Fsp3) is 0.480. The molecule has 0 spiro atoms. The zero-order valence-corrected chi connectivity index (χ0v) is 17.2. The number of ether oxygens (including phenoxy) is 1. The predicted octanol–water partition coefficient (Wildman–Crippen LogP) is 4.69. The highest BCUT2D eigenvalue weighted by atomic mass is 16.5. The van der Waals surface area contributed by atoms with Gasteiger partial charge < -0.3 is 15.0 Å². The van der Waals surface area contributed by atoms with Gasteiger partial charge in [0.25, 0.3) is 0 Å². The Morgan fingerprint density at radius 1 is 1.03 bits per heavy atom. The number of carbonyl (C=O) groups excluding carboxylic acids is 1. The van der Waals surface area contributed by atoms with Gasteiger partial charge >= 0.3 is 0 Å². The summed E-state index contributed by atoms with van der Waals surface area (Å²) in [5, 5.41) is 2.94. The van der Waals surface area contributed by atoms with Crippen LogP contribution in [0.15, 0.2) is 48.5 Å². The van der Waals surface area contributed by atoms with Crippen LogP contribution >= 0.6 is 0 Å². The number of fused-ring (bicyclic) bond motifs is 1. The number of benzene rings is 2. The van der Waals surface area contributed by atoms with Crippen molar-refractivity contribution in [2.24, 2.45) is 5.92 Å². The van der Waals surface area contributed by atoms with Gasteiger partial charge in [0.2, 0.25) is 5.91 Å². The first-order valence-corrected chi connectivity index (χ1v) is 11.1. The summed E-state index contributed by atoms with van der Waals surface area (Å²) in [5.74, 6) is 1.82. The van der Waals surface area contributed by atoms with Gasteiger partial charge in [-0.15, -0.1) is 0 Å². The molecule has 0 unspecified atom stereocenters. The second-order valence-electron chi connectivity index (χ2n) is 8.38. The monoisotopic (exact) mass is 392 g/mol. The van der Waals surface area contributed by atoms with Crippen LogP contribution in [0.25, 0.3) is 0 Å². The number of anilines is 1. The zero-order valence-electron chi connectivity index (χ0n) is 17.2. The van der Waals surface area contributed by atoms with E-state index in [0.717, 1.165) is 43.3 Å². The standard InChI is InChI=1S/C25H32N2O2/c28-25-12-10-22-9-11-23(19-24(22)26-25)29-18-4-15-27-16-13-21(14-17-27)8-7-20-5-2-1-3-6-20/h1-3,5-6,9,11,19,21H,4,7-8,10,12-18H2,(H,26,28). The van der Waals surface area contributed by atoms with Crippen LogP contribution in [0, 0.1) is 5.92 Å². The lowest BCUT2D eigenvalue weighted by atomic mass is 9.90. The number of piperidine rings is 1. The van der Waals surface area contributed by atoms with Crippen molar-refractivity contribution in [1.82, 2.24) is 4.90 Å². The molecule has 2 aromatic carbocycles. The van der Waals surface area contributed by atoms with Crippen LogP contribution in [0.2, 0.25) is 0 Å². The molecule has 1 fully saturated rings. The lowest BCUT2D eigenvalue weighted by Crippen LogP contribution is -2.35. The number of amides is 1. The van der Waals surface area contributed by atoms with Gasteiger partial charge in [-0.25, -0.2) is 0 Å². The topological polar surface area (TPSA) is 41.6 Å². The molecule has 1 saturated heterocycles. The number of nitrogens with one attached hydrogen (secondary N) is 1. The van der Waals surface area contributed by atoms with Gasteiger partial charge in [0, 0.05) is 24.7 Å². The lowest BCUT2D eigenvalue weighted by molar-refractivity contribution is -0.116. The van der Waals surface area contributed by atoms with Crippen LogP contribution in [0.3, 0.4) is 0 Å². The molecular weight excluding hydrogens is 360 g/mol. The van der Waals surface area contributed by atoms with Gasteiger partial charge in [-0.1, -0.05) is 36.4 Å². The number of carbonyl (C=O) groups is 1. The van der Waals surface area contributed by atoms with Crippen molar-refractivity contribution in [3.63, 3.8) is 0 Å².